The Hall–Kier alpha value is -3.82. The van der Waals surface area contributed by atoms with Gasteiger partial charge >= 0.3 is 44.1 Å². The van der Waals surface area contributed by atoms with E-state index in [9.17, 15) is 46.2 Å². The van der Waals surface area contributed by atoms with Gasteiger partial charge in [0.25, 0.3) is 0 Å². The van der Waals surface area contributed by atoms with Crippen molar-refractivity contribution >= 4 is 44.1 Å². The van der Waals surface area contributed by atoms with E-state index in [1.54, 1.807) is 0 Å². The molecule has 0 unspecified atom stereocenters. The number of aromatic carboxylic acids is 4. The highest BCUT2D eigenvalue weighted by molar-refractivity contribution is 8.00. The summed E-state index contributed by atoms with van der Waals surface area (Å²) in [6, 6.07) is 4.24. The van der Waals surface area contributed by atoms with E-state index in [0.717, 1.165) is 24.3 Å². The standard InChI is InChI=1S/C16H10O13S2/c17-13(18)7-3-1-5-9(11(7)15(21)22)30(25,26)29-31(27,28)10-6-2-4-8(14(19)20)12(10)16(23)24/h1-6H,(H,17,18)(H,19,20)(H,21,22)(H,23,24). The van der Waals surface area contributed by atoms with E-state index >= 15 is 0 Å². The van der Waals surface area contributed by atoms with Gasteiger partial charge in [-0.15, -0.1) is 3.63 Å². The molecular weight excluding hydrogens is 464 g/mol. The molecule has 31 heavy (non-hydrogen) atoms. The third-order valence-electron chi connectivity index (χ3n) is 3.66. The molecule has 2 aromatic rings. The van der Waals surface area contributed by atoms with Crippen molar-refractivity contribution in [1.29, 1.82) is 0 Å². The van der Waals surface area contributed by atoms with Crippen molar-refractivity contribution in [1.82, 2.24) is 0 Å². The van der Waals surface area contributed by atoms with Gasteiger partial charge in [0, 0.05) is 0 Å². The summed E-state index contributed by atoms with van der Waals surface area (Å²) in [6.45, 7) is 0. The minimum Gasteiger partial charge on any atom is -0.478 e. The smallest absolute Gasteiger partial charge is 0.338 e. The molecule has 164 valence electrons. The van der Waals surface area contributed by atoms with Crippen LogP contribution in [0.4, 0.5) is 0 Å². The highest BCUT2D eigenvalue weighted by Gasteiger charge is 2.36. The SMILES string of the molecule is O=C(O)c1cccc(S(=O)(=O)OS(=O)(=O)c2cccc(C(=O)O)c2C(=O)O)c1C(=O)O. The van der Waals surface area contributed by atoms with E-state index in [1.165, 1.54) is 0 Å². The Kier molecular flexibility index (Phi) is 6.15. The minimum absolute atomic E-state index is 0.562. The van der Waals surface area contributed by atoms with Crippen molar-refractivity contribution in [2.45, 2.75) is 9.79 Å². The maximum absolute atomic E-state index is 12.5. The van der Waals surface area contributed by atoms with Gasteiger partial charge < -0.3 is 20.4 Å². The summed E-state index contributed by atoms with van der Waals surface area (Å²) in [6.07, 6.45) is 0. The maximum atomic E-state index is 12.5. The van der Waals surface area contributed by atoms with Crippen LogP contribution in [0.3, 0.4) is 0 Å². The Morgan fingerprint density at radius 1 is 0.581 bits per heavy atom. The molecule has 0 spiro atoms. The fraction of sp³-hybridized carbons (Fsp3) is 0. The van der Waals surface area contributed by atoms with Crippen molar-refractivity contribution in [2.75, 3.05) is 0 Å². The maximum Gasteiger partial charge on any atom is 0.338 e. The second kappa shape index (κ2) is 8.13. The lowest BCUT2D eigenvalue weighted by Crippen LogP contribution is -2.21. The molecule has 0 saturated carbocycles. The second-order valence-electron chi connectivity index (χ2n) is 5.55. The molecule has 4 N–H and O–H groups in total. The molecule has 0 aliphatic carbocycles. The lowest BCUT2D eigenvalue weighted by molar-refractivity contribution is 0.0648. The number of carboxylic acids is 4. The highest BCUT2D eigenvalue weighted by Crippen LogP contribution is 2.28. The molecule has 0 atom stereocenters. The quantitative estimate of drug-likeness (QED) is 0.411. The van der Waals surface area contributed by atoms with Crippen LogP contribution in [0.25, 0.3) is 0 Å². The van der Waals surface area contributed by atoms with Crippen LogP contribution in [0.1, 0.15) is 41.4 Å². The van der Waals surface area contributed by atoms with Crippen molar-refractivity contribution in [3.05, 3.63) is 58.7 Å². The second-order valence-corrected chi connectivity index (χ2v) is 8.79. The zero-order valence-corrected chi connectivity index (χ0v) is 16.4. The van der Waals surface area contributed by atoms with E-state index in [4.69, 9.17) is 10.2 Å². The average Bonchev–Trinajstić information content (AvgIpc) is 2.65. The Morgan fingerprint density at radius 2 is 0.903 bits per heavy atom. The molecule has 0 heterocycles. The Bertz CT molecular complexity index is 1230. The summed E-state index contributed by atoms with van der Waals surface area (Å²) in [5.74, 6) is -7.73. The predicted octanol–water partition coefficient (Wildman–Crippen LogP) is 0.574. The monoisotopic (exact) mass is 474 g/mol. The first-order chi connectivity index (χ1) is 14.2. The van der Waals surface area contributed by atoms with Crippen LogP contribution in [0.5, 0.6) is 0 Å². The molecule has 0 bridgehead atoms. The van der Waals surface area contributed by atoms with Gasteiger partial charge in [-0.1, -0.05) is 12.1 Å². The summed E-state index contributed by atoms with van der Waals surface area (Å²) in [5, 5.41) is 36.5. The van der Waals surface area contributed by atoms with Crippen LogP contribution >= 0.6 is 0 Å². The molecule has 0 aliphatic heterocycles. The summed E-state index contributed by atoms with van der Waals surface area (Å²) in [5.41, 5.74) is -4.59. The van der Waals surface area contributed by atoms with Gasteiger partial charge in [0.1, 0.15) is 9.79 Å². The third-order valence-corrected chi connectivity index (χ3v) is 6.85. The zero-order chi connectivity index (χ0) is 23.7. The van der Waals surface area contributed by atoms with Gasteiger partial charge in [0.15, 0.2) is 0 Å². The Balaban J connectivity index is 2.73. The van der Waals surface area contributed by atoms with Gasteiger partial charge in [-0.05, 0) is 24.3 Å². The lowest BCUT2D eigenvalue weighted by atomic mass is 10.1. The van der Waals surface area contributed by atoms with Crippen LogP contribution in [0.15, 0.2) is 46.2 Å². The number of carbonyl (C=O) groups is 4. The first-order valence-corrected chi connectivity index (χ1v) is 10.4. The van der Waals surface area contributed by atoms with E-state index in [-0.39, 0.29) is 0 Å². The molecule has 0 aliphatic rings. The van der Waals surface area contributed by atoms with Gasteiger partial charge in [-0.3, -0.25) is 0 Å². The molecule has 15 heteroatoms. The fourth-order valence-electron chi connectivity index (χ4n) is 2.47. The lowest BCUT2D eigenvalue weighted by Gasteiger charge is -2.12. The van der Waals surface area contributed by atoms with Gasteiger partial charge in [-0.2, -0.15) is 16.8 Å². The summed E-state index contributed by atoms with van der Waals surface area (Å²) in [7, 11) is -11.1. The first-order valence-electron chi connectivity index (χ1n) is 7.61. The van der Waals surface area contributed by atoms with Gasteiger partial charge in [0.2, 0.25) is 0 Å². The summed E-state index contributed by atoms with van der Waals surface area (Å²) in [4.78, 5) is 42.5. The van der Waals surface area contributed by atoms with Crippen molar-refractivity contribution in [3.8, 4) is 0 Å². The molecule has 0 amide bonds. The van der Waals surface area contributed by atoms with Crippen LogP contribution < -0.4 is 0 Å². The highest BCUT2D eigenvalue weighted by atomic mass is 32.3. The van der Waals surface area contributed by atoms with Crippen LogP contribution in [-0.2, 0) is 23.9 Å². The van der Waals surface area contributed by atoms with Gasteiger partial charge in [-0.25, -0.2) is 19.2 Å². The topological polar surface area (TPSA) is 227 Å². The Morgan fingerprint density at radius 3 is 1.16 bits per heavy atom. The normalized spacial score (nSPS) is 11.6. The predicted molar refractivity (Wildman–Crippen MR) is 96.2 cm³/mol. The van der Waals surface area contributed by atoms with Gasteiger partial charge in [0.05, 0.1) is 22.3 Å². The number of hydrogen-bond acceptors (Lipinski definition) is 9. The van der Waals surface area contributed by atoms with Crippen molar-refractivity contribution in [3.63, 3.8) is 0 Å². The minimum atomic E-state index is -5.55. The van der Waals surface area contributed by atoms with Crippen LogP contribution in [0, 0.1) is 0 Å². The fourth-order valence-corrected chi connectivity index (χ4v) is 5.38. The Labute approximate surface area is 173 Å². The molecule has 2 rings (SSSR count). The number of rotatable bonds is 8. The van der Waals surface area contributed by atoms with E-state index < -0.39 is 76.2 Å². The largest absolute Gasteiger partial charge is 0.478 e. The number of carboxylic acid groups (broad SMARTS) is 4. The molecular formula is C16H10O13S2. The first kappa shape index (κ1) is 23.5. The molecule has 2 aromatic carbocycles. The third kappa shape index (κ3) is 4.52. The molecule has 0 radical (unpaired) electrons. The molecule has 0 aromatic heterocycles. The van der Waals surface area contributed by atoms with E-state index in [1.807, 2.05) is 0 Å². The van der Waals surface area contributed by atoms with Crippen molar-refractivity contribution in [2.24, 2.45) is 0 Å². The average molecular weight is 474 g/mol. The molecule has 0 saturated heterocycles. The van der Waals surface area contributed by atoms with E-state index in [2.05, 4.69) is 3.63 Å². The zero-order valence-electron chi connectivity index (χ0n) is 14.7. The van der Waals surface area contributed by atoms with Crippen LogP contribution in [-0.4, -0.2) is 61.1 Å². The van der Waals surface area contributed by atoms with Crippen molar-refractivity contribution < 1.29 is 60.1 Å². The molecule has 13 nitrogen and oxygen atoms in total. The molecule has 0 fully saturated rings. The van der Waals surface area contributed by atoms with E-state index in [0.29, 0.717) is 12.1 Å². The number of benzene rings is 2. The number of hydrogen-bond donors (Lipinski definition) is 4. The van der Waals surface area contributed by atoms with Crippen LogP contribution in [0.2, 0.25) is 0 Å². The summed E-state index contributed by atoms with van der Waals surface area (Å²) >= 11 is 0. The summed E-state index contributed by atoms with van der Waals surface area (Å²) < 4.78 is 54.1.